The van der Waals surface area contributed by atoms with Crippen molar-refractivity contribution in [3.05, 3.63) is 23.9 Å². The molecule has 0 bridgehead atoms. The summed E-state index contributed by atoms with van der Waals surface area (Å²) in [4.78, 5) is 6.95. The molecule has 1 fully saturated rings. The van der Waals surface area contributed by atoms with Gasteiger partial charge in [-0.3, -0.25) is 0 Å². The highest BCUT2D eigenvalue weighted by molar-refractivity contribution is 5.44. The van der Waals surface area contributed by atoms with Gasteiger partial charge in [0.2, 0.25) is 0 Å². The van der Waals surface area contributed by atoms with E-state index in [9.17, 15) is 0 Å². The number of rotatable bonds is 3. The SMILES string of the molecule is CCC1CCC(C)N1c1cc(CN)ccn1. The number of hydrogen-bond donors (Lipinski definition) is 1. The van der Waals surface area contributed by atoms with Crippen molar-refractivity contribution in [1.82, 2.24) is 4.98 Å². The molecule has 1 aromatic heterocycles. The van der Waals surface area contributed by atoms with E-state index in [0.717, 1.165) is 5.82 Å². The van der Waals surface area contributed by atoms with E-state index in [2.05, 4.69) is 29.8 Å². The number of nitrogens with two attached hydrogens (primary N) is 1. The van der Waals surface area contributed by atoms with Crippen LogP contribution < -0.4 is 10.6 Å². The second-order valence-corrected chi connectivity index (χ2v) is 4.62. The Labute approximate surface area is 97.7 Å². The smallest absolute Gasteiger partial charge is 0.129 e. The zero-order valence-corrected chi connectivity index (χ0v) is 10.2. The van der Waals surface area contributed by atoms with E-state index in [1.165, 1.54) is 24.8 Å². The number of nitrogens with zero attached hydrogens (tertiary/aromatic N) is 2. The first kappa shape index (κ1) is 11.4. The Morgan fingerprint density at radius 3 is 3.00 bits per heavy atom. The van der Waals surface area contributed by atoms with Crippen LogP contribution >= 0.6 is 0 Å². The van der Waals surface area contributed by atoms with Gasteiger partial charge in [0.05, 0.1) is 0 Å². The molecule has 0 aliphatic carbocycles. The molecule has 0 spiro atoms. The van der Waals surface area contributed by atoms with Crippen LogP contribution in [0.25, 0.3) is 0 Å². The molecule has 2 atom stereocenters. The number of anilines is 1. The zero-order valence-electron chi connectivity index (χ0n) is 10.2. The van der Waals surface area contributed by atoms with Crippen molar-refractivity contribution in [2.75, 3.05) is 4.90 Å². The molecule has 1 aromatic rings. The topological polar surface area (TPSA) is 42.1 Å². The van der Waals surface area contributed by atoms with E-state index in [4.69, 9.17) is 5.73 Å². The summed E-state index contributed by atoms with van der Waals surface area (Å²) in [6.45, 7) is 5.13. The monoisotopic (exact) mass is 219 g/mol. The van der Waals surface area contributed by atoms with E-state index in [-0.39, 0.29) is 0 Å². The fourth-order valence-corrected chi connectivity index (χ4v) is 2.61. The van der Waals surface area contributed by atoms with Crippen molar-refractivity contribution in [3.63, 3.8) is 0 Å². The highest BCUT2D eigenvalue weighted by atomic mass is 15.2. The van der Waals surface area contributed by atoms with Gasteiger partial charge in [-0.2, -0.15) is 0 Å². The maximum Gasteiger partial charge on any atom is 0.129 e. The predicted molar refractivity (Wildman–Crippen MR) is 67.4 cm³/mol. The molecule has 3 nitrogen and oxygen atoms in total. The lowest BCUT2D eigenvalue weighted by atomic mass is 10.1. The summed E-state index contributed by atoms with van der Waals surface area (Å²) >= 11 is 0. The van der Waals surface area contributed by atoms with E-state index < -0.39 is 0 Å². The molecule has 3 heteroatoms. The van der Waals surface area contributed by atoms with E-state index >= 15 is 0 Å². The Morgan fingerprint density at radius 1 is 1.50 bits per heavy atom. The fourth-order valence-electron chi connectivity index (χ4n) is 2.61. The van der Waals surface area contributed by atoms with Crippen molar-refractivity contribution in [2.24, 2.45) is 5.73 Å². The summed E-state index contributed by atoms with van der Waals surface area (Å²) in [6.07, 6.45) is 5.62. The summed E-state index contributed by atoms with van der Waals surface area (Å²) in [6, 6.07) is 5.37. The minimum atomic E-state index is 0.592. The minimum absolute atomic E-state index is 0.592. The molecular formula is C13H21N3. The number of hydrogen-bond acceptors (Lipinski definition) is 3. The van der Waals surface area contributed by atoms with Crippen LogP contribution in [0.5, 0.6) is 0 Å². The van der Waals surface area contributed by atoms with Crippen LogP contribution in [0, 0.1) is 0 Å². The molecule has 0 amide bonds. The van der Waals surface area contributed by atoms with E-state index in [1.807, 2.05) is 12.3 Å². The van der Waals surface area contributed by atoms with Gasteiger partial charge in [0.15, 0.2) is 0 Å². The molecule has 16 heavy (non-hydrogen) atoms. The molecule has 88 valence electrons. The molecule has 1 saturated heterocycles. The van der Waals surface area contributed by atoms with Gasteiger partial charge < -0.3 is 10.6 Å². The average molecular weight is 219 g/mol. The van der Waals surface area contributed by atoms with E-state index in [0.29, 0.717) is 18.6 Å². The van der Waals surface area contributed by atoms with Gasteiger partial charge in [-0.05, 0) is 43.9 Å². The second-order valence-electron chi connectivity index (χ2n) is 4.62. The predicted octanol–water partition coefficient (Wildman–Crippen LogP) is 2.31. The summed E-state index contributed by atoms with van der Waals surface area (Å²) in [5.74, 6) is 1.10. The quantitative estimate of drug-likeness (QED) is 0.848. The fraction of sp³-hybridized carbons (Fsp3) is 0.615. The van der Waals surface area contributed by atoms with Crippen LogP contribution in [0.3, 0.4) is 0 Å². The second kappa shape index (κ2) is 4.83. The van der Waals surface area contributed by atoms with Crippen molar-refractivity contribution in [2.45, 2.75) is 51.7 Å². The first-order valence-corrected chi connectivity index (χ1v) is 6.19. The third-order valence-electron chi connectivity index (χ3n) is 3.57. The summed E-state index contributed by atoms with van der Waals surface area (Å²) in [5.41, 5.74) is 6.84. The van der Waals surface area contributed by atoms with Crippen molar-refractivity contribution in [1.29, 1.82) is 0 Å². The first-order chi connectivity index (χ1) is 7.76. The number of aromatic nitrogens is 1. The lowest BCUT2D eigenvalue weighted by molar-refractivity contribution is 0.621. The first-order valence-electron chi connectivity index (χ1n) is 6.19. The largest absolute Gasteiger partial charge is 0.351 e. The molecule has 0 saturated carbocycles. The zero-order chi connectivity index (χ0) is 11.5. The molecule has 0 aromatic carbocycles. The minimum Gasteiger partial charge on any atom is -0.351 e. The third kappa shape index (κ3) is 2.05. The van der Waals surface area contributed by atoms with Crippen LogP contribution in [-0.2, 0) is 6.54 Å². The maximum absolute atomic E-state index is 5.67. The van der Waals surface area contributed by atoms with Gasteiger partial charge >= 0.3 is 0 Å². The highest BCUT2D eigenvalue weighted by Gasteiger charge is 2.30. The average Bonchev–Trinajstić information content (AvgIpc) is 2.70. The Bertz CT molecular complexity index is 351. The molecule has 2 rings (SSSR count). The van der Waals surface area contributed by atoms with Gasteiger partial charge in [0, 0.05) is 24.8 Å². The summed E-state index contributed by atoms with van der Waals surface area (Å²) in [5, 5.41) is 0. The van der Waals surface area contributed by atoms with Gasteiger partial charge in [0.1, 0.15) is 5.82 Å². The standard InChI is InChI=1S/C13H21N3/c1-3-12-5-4-10(2)16(12)13-8-11(9-14)6-7-15-13/h6-8,10,12H,3-5,9,14H2,1-2H3. The Kier molecular flexibility index (Phi) is 3.44. The van der Waals surface area contributed by atoms with Crippen LogP contribution in [0.1, 0.15) is 38.7 Å². The van der Waals surface area contributed by atoms with Crippen LogP contribution in [0.4, 0.5) is 5.82 Å². The Balaban J connectivity index is 2.27. The molecule has 1 aliphatic rings. The van der Waals surface area contributed by atoms with Gasteiger partial charge in [-0.25, -0.2) is 4.98 Å². The van der Waals surface area contributed by atoms with Crippen LogP contribution in [-0.4, -0.2) is 17.1 Å². The third-order valence-corrected chi connectivity index (χ3v) is 3.57. The lowest BCUT2D eigenvalue weighted by Crippen LogP contribution is -2.34. The van der Waals surface area contributed by atoms with Gasteiger partial charge in [-0.1, -0.05) is 6.92 Å². The Hall–Kier alpha value is -1.09. The molecule has 1 aliphatic heterocycles. The normalized spacial score (nSPS) is 25.1. The molecule has 0 radical (unpaired) electrons. The van der Waals surface area contributed by atoms with E-state index in [1.54, 1.807) is 0 Å². The number of pyridine rings is 1. The van der Waals surface area contributed by atoms with Crippen molar-refractivity contribution in [3.8, 4) is 0 Å². The van der Waals surface area contributed by atoms with Crippen LogP contribution in [0.15, 0.2) is 18.3 Å². The summed E-state index contributed by atoms with van der Waals surface area (Å²) < 4.78 is 0. The maximum atomic E-state index is 5.67. The molecule has 2 unspecified atom stereocenters. The Morgan fingerprint density at radius 2 is 2.31 bits per heavy atom. The molecule has 2 N–H and O–H groups in total. The van der Waals surface area contributed by atoms with Gasteiger partial charge in [-0.15, -0.1) is 0 Å². The van der Waals surface area contributed by atoms with Crippen LogP contribution in [0.2, 0.25) is 0 Å². The molecular weight excluding hydrogens is 198 g/mol. The highest BCUT2D eigenvalue weighted by Crippen LogP contribution is 2.30. The summed E-state index contributed by atoms with van der Waals surface area (Å²) in [7, 11) is 0. The van der Waals surface area contributed by atoms with Crippen molar-refractivity contribution >= 4 is 5.82 Å². The lowest BCUT2D eigenvalue weighted by Gasteiger charge is -2.29. The van der Waals surface area contributed by atoms with Gasteiger partial charge in [0.25, 0.3) is 0 Å². The molecule has 2 heterocycles. The van der Waals surface area contributed by atoms with Crippen molar-refractivity contribution < 1.29 is 0 Å².